The molecule has 1 fully saturated rings. The van der Waals surface area contributed by atoms with Crippen LogP contribution in [0.2, 0.25) is 5.15 Å². The van der Waals surface area contributed by atoms with Gasteiger partial charge in [0.1, 0.15) is 5.15 Å². The largest absolute Gasteiger partial charge is 0.390 e. The Hall–Kier alpha value is -1.33. The van der Waals surface area contributed by atoms with Crippen molar-refractivity contribution >= 4 is 36.3 Å². The van der Waals surface area contributed by atoms with Crippen LogP contribution in [0.4, 0.5) is 0 Å². The van der Waals surface area contributed by atoms with Crippen molar-refractivity contribution in [3.8, 4) is 0 Å². The van der Waals surface area contributed by atoms with Crippen LogP contribution in [0.1, 0.15) is 44.1 Å². The minimum Gasteiger partial charge on any atom is -0.390 e. The van der Waals surface area contributed by atoms with E-state index in [0.29, 0.717) is 10.6 Å². The molecular weight excluding hydrogens is 364 g/mol. The van der Waals surface area contributed by atoms with Crippen molar-refractivity contribution in [3.63, 3.8) is 0 Å². The summed E-state index contributed by atoms with van der Waals surface area (Å²) in [5, 5.41) is 3.89. The molecule has 0 unspecified atom stereocenters. The van der Waals surface area contributed by atoms with Crippen molar-refractivity contribution in [2.75, 3.05) is 18.8 Å². The molecule has 1 aromatic heterocycles. The molecule has 4 nitrogen and oxygen atoms in total. The number of pyridine rings is 1. The standard InChI is InChI=1S/C20H29ClN4S/c1-17-18(5-10-25-19(17)21)26-16-15-24-12-9-20(6-3-4-7-20)8-11-23-14-13-22-2/h5,10,13-15,23H,2-4,6-9,11-12,16H2,1H3/b14-13+,24-15?. The minimum absolute atomic E-state index is 0.460. The first-order valence-electron chi connectivity index (χ1n) is 9.23. The summed E-state index contributed by atoms with van der Waals surface area (Å²) < 4.78 is 0. The zero-order valence-corrected chi connectivity index (χ0v) is 17.2. The zero-order valence-electron chi connectivity index (χ0n) is 15.6. The summed E-state index contributed by atoms with van der Waals surface area (Å²) in [5.41, 5.74) is 1.51. The number of nitrogens with zero attached hydrogens (tertiary/aromatic N) is 3. The summed E-state index contributed by atoms with van der Waals surface area (Å²) >= 11 is 7.82. The molecule has 1 heterocycles. The number of halogens is 1. The van der Waals surface area contributed by atoms with Gasteiger partial charge in [0.25, 0.3) is 0 Å². The first-order chi connectivity index (χ1) is 12.7. The Labute approximate surface area is 166 Å². The van der Waals surface area contributed by atoms with E-state index in [-0.39, 0.29) is 0 Å². The molecule has 1 aliphatic rings. The van der Waals surface area contributed by atoms with E-state index in [0.717, 1.165) is 24.4 Å². The van der Waals surface area contributed by atoms with E-state index >= 15 is 0 Å². The molecule has 0 atom stereocenters. The van der Waals surface area contributed by atoms with E-state index in [2.05, 4.69) is 27.0 Å². The van der Waals surface area contributed by atoms with Gasteiger partial charge in [-0.05, 0) is 56.4 Å². The number of aromatic nitrogens is 1. The SMILES string of the molecule is C=N/C=C/NCCC1(CCN=CCSc2ccnc(Cl)c2C)CCCC1. The summed E-state index contributed by atoms with van der Waals surface area (Å²) in [4.78, 5) is 13.6. The number of hydrogen-bond donors (Lipinski definition) is 1. The molecule has 0 aliphatic heterocycles. The highest BCUT2D eigenvalue weighted by atomic mass is 35.5. The monoisotopic (exact) mass is 392 g/mol. The van der Waals surface area contributed by atoms with Crippen LogP contribution in [0.3, 0.4) is 0 Å². The molecule has 1 N–H and O–H groups in total. The lowest BCUT2D eigenvalue weighted by Crippen LogP contribution is -2.23. The van der Waals surface area contributed by atoms with Crippen molar-refractivity contribution in [2.45, 2.75) is 50.3 Å². The molecule has 142 valence electrons. The molecule has 0 bridgehead atoms. The van der Waals surface area contributed by atoms with Crippen LogP contribution < -0.4 is 5.32 Å². The van der Waals surface area contributed by atoms with Crippen LogP contribution >= 0.6 is 23.4 Å². The molecule has 2 rings (SSSR count). The molecule has 0 saturated heterocycles. The Kier molecular flexibility index (Phi) is 9.19. The molecule has 6 heteroatoms. The van der Waals surface area contributed by atoms with Gasteiger partial charge in [-0.3, -0.25) is 9.98 Å². The lowest BCUT2D eigenvalue weighted by atomic mass is 9.79. The Morgan fingerprint density at radius 3 is 2.96 bits per heavy atom. The molecular formula is C20H29ClN4S. The number of hydrogen-bond acceptors (Lipinski definition) is 5. The van der Waals surface area contributed by atoms with Gasteiger partial charge in [0.15, 0.2) is 0 Å². The average molecular weight is 393 g/mol. The highest BCUT2D eigenvalue weighted by Crippen LogP contribution is 2.43. The highest BCUT2D eigenvalue weighted by Gasteiger charge is 2.32. The maximum Gasteiger partial charge on any atom is 0.133 e. The quantitative estimate of drug-likeness (QED) is 0.240. The lowest BCUT2D eigenvalue weighted by Gasteiger charge is -2.28. The molecule has 0 radical (unpaired) electrons. The van der Waals surface area contributed by atoms with Gasteiger partial charge in [0.2, 0.25) is 0 Å². The normalized spacial score (nSPS) is 16.5. The third-order valence-corrected chi connectivity index (χ3v) is 6.52. The average Bonchev–Trinajstić information content (AvgIpc) is 3.10. The first-order valence-corrected chi connectivity index (χ1v) is 10.6. The highest BCUT2D eigenvalue weighted by molar-refractivity contribution is 8.00. The first kappa shape index (κ1) is 21.0. The minimum atomic E-state index is 0.460. The Morgan fingerprint density at radius 1 is 1.38 bits per heavy atom. The lowest BCUT2D eigenvalue weighted by molar-refractivity contribution is 0.253. The van der Waals surface area contributed by atoms with Crippen LogP contribution in [0.25, 0.3) is 0 Å². The van der Waals surface area contributed by atoms with E-state index in [1.54, 1.807) is 24.2 Å². The van der Waals surface area contributed by atoms with E-state index in [1.807, 2.05) is 25.4 Å². The Balaban J connectivity index is 1.71. The fourth-order valence-corrected chi connectivity index (χ4v) is 4.54. The van der Waals surface area contributed by atoms with Crippen molar-refractivity contribution in [3.05, 3.63) is 35.4 Å². The van der Waals surface area contributed by atoms with Crippen LogP contribution in [-0.2, 0) is 0 Å². The van der Waals surface area contributed by atoms with E-state index < -0.39 is 0 Å². The Bertz CT molecular complexity index is 624. The summed E-state index contributed by atoms with van der Waals surface area (Å²) in [6.07, 6.45) is 15.1. The molecule has 26 heavy (non-hydrogen) atoms. The fraction of sp³-hybridized carbons (Fsp3) is 0.550. The van der Waals surface area contributed by atoms with Gasteiger partial charge in [0.05, 0.1) is 0 Å². The smallest absolute Gasteiger partial charge is 0.133 e. The van der Waals surface area contributed by atoms with Crippen LogP contribution in [0.15, 0.2) is 39.5 Å². The second-order valence-electron chi connectivity index (χ2n) is 6.78. The zero-order chi connectivity index (χ0) is 18.7. The van der Waals surface area contributed by atoms with Crippen molar-refractivity contribution in [2.24, 2.45) is 15.4 Å². The van der Waals surface area contributed by atoms with E-state index in [1.165, 1.54) is 43.4 Å². The van der Waals surface area contributed by atoms with Crippen molar-refractivity contribution in [1.82, 2.24) is 10.3 Å². The second kappa shape index (κ2) is 11.4. The third kappa shape index (κ3) is 6.76. The number of aliphatic imine (C=N–C) groups is 2. The fourth-order valence-electron chi connectivity index (χ4n) is 3.50. The van der Waals surface area contributed by atoms with E-state index in [4.69, 9.17) is 11.6 Å². The van der Waals surface area contributed by atoms with Gasteiger partial charge in [-0.1, -0.05) is 24.4 Å². The van der Waals surface area contributed by atoms with Gasteiger partial charge in [0, 0.05) is 48.5 Å². The molecule has 1 saturated carbocycles. The van der Waals surface area contributed by atoms with Crippen LogP contribution in [-0.4, -0.2) is 36.8 Å². The molecule has 0 aromatic carbocycles. The van der Waals surface area contributed by atoms with Crippen molar-refractivity contribution in [1.29, 1.82) is 0 Å². The predicted octanol–water partition coefficient (Wildman–Crippen LogP) is 5.31. The molecule has 0 amide bonds. The van der Waals surface area contributed by atoms with Crippen LogP contribution in [0.5, 0.6) is 0 Å². The summed E-state index contributed by atoms with van der Waals surface area (Å²) in [5.74, 6) is 0.870. The van der Waals surface area contributed by atoms with Gasteiger partial charge in [-0.25, -0.2) is 4.98 Å². The van der Waals surface area contributed by atoms with Gasteiger partial charge in [-0.2, -0.15) is 0 Å². The molecule has 1 aliphatic carbocycles. The summed E-state index contributed by atoms with van der Waals surface area (Å²) in [6.45, 7) is 7.36. The predicted molar refractivity (Wildman–Crippen MR) is 115 cm³/mol. The number of thioether (sulfide) groups is 1. The number of rotatable bonds is 11. The van der Waals surface area contributed by atoms with E-state index in [9.17, 15) is 0 Å². The summed E-state index contributed by atoms with van der Waals surface area (Å²) in [6, 6.07) is 2.01. The van der Waals surface area contributed by atoms with Gasteiger partial charge < -0.3 is 5.32 Å². The third-order valence-electron chi connectivity index (χ3n) is 5.07. The van der Waals surface area contributed by atoms with Gasteiger partial charge >= 0.3 is 0 Å². The maximum atomic E-state index is 6.06. The van der Waals surface area contributed by atoms with Gasteiger partial charge in [-0.15, -0.1) is 11.8 Å². The maximum absolute atomic E-state index is 6.06. The second-order valence-corrected chi connectivity index (χ2v) is 8.20. The summed E-state index contributed by atoms with van der Waals surface area (Å²) in [7, 11) is 0. The van der Waals surface area contributed by atoms with Crippen LogP contribution in [0, 0.1) is 12.3 Å². The van der Waals surface area contributed by atoms with Crippen molar-refractivity contribution < 1.29 is 0 Å². The molecule has 0 spiro atoms. The molecule has 1 aromatic rings. The topological polar surface area (TPSA) is 49.6 Å². The number of nitrogens with one attached hydrogen (secondary N) is 1. The Morgan fingerprint density at radius 2 is 2.19 bits per heavy atom.